The molecule has 0 spiro atoms. The van der Waals surface area contributed by atoms with Gasteiger partial charge in [-0.15, -0.1) is 0 Å². The summed E-state index contributed by atoms with van der Waals surface area (Å²) >= 11 is 0. The third-order valence-corrected chi connectivity index (χ3v) is 11.7. The molecule has 12 rings (SSSR count). The molecular formula is C52H29N3. The molecule has 0 fully saturated rings. The van der Waals surface area contributed by atoms with E-state index in [1.54, 1.807) is 0 Å². The number of nitriles is 1. The van der Waals surface area contributed by atoms with Crippen molar-refractivity contribution in [1.29, 1.82) is 5.26 Å². The topological polar surface area (TPSA) is 41.6 Å². The van der Waals surface area contributed by atoms with Gasteiger partial charge in [-0.25, -0.2) is 4.98 Å². The van der Waals surface area contributed by atoms with Crippen molar-refractivity contribution < 1.29 is 0 Å². The first-order valence-corrected chi connectivity index (χ1v) is 18.7. The van der Waals surface area contributed by atoms with Crippen LogP contribution in [0.4, 0.5) is 0 Å². The van der Waals surface area contributed by atoms with Crippen LogP contribution >= 0.6 is 0 Å². The zero-order valence-corrected chi connectivity index (χ0v) is 29.6. The lowest BCUT2D eigenvalue weighted by Crippen LogP contribution is -1.98. The molecule has 0 saturated carbocycles. The summed E-state index contributed by atoms with van der Waals surface area (Å²) in [7, 11) is 0. The standard InChI is InChI=1S/C52H29N3/c53-30-31-7-28-47-46(29-31)54-52(40-14-8-32(9-15-40)42-24-18-38-12-10-34-3-1-5-36-20-26-44(42)50(38)48(34)36)55(47)41-22-16-33(17-23-41)43-25-19-39-13-11-35-4-2-6-37-21-27-45(43)51(39)49(35)37/h1-29H. The lowest BCUT2D eigenvalue weighted by molar-refractivity contribution is 1.10. The molecule has 0 saturated heterocycles. The molecule has 11 aromatic carbocycles. The zero-order valence-electron chi connectivity index (χ0n) is 29.6. The van der Waals surface area contributed by atoms with Gasteiger partial charge in [-0.2, -0.15) is 5.26 Å². The summed E-state index contributed by atoms with van der Waals surface area (Å²) in [5.41, 5.74) is 9.12. The van der Waals surface area contributed by atoms with Crippen LogP contribution in [0, 0.1) is 11.3 Å². The van der Waals surface area contributed by atoms with E-state index in [0.717, 1.165) is 39.2 Å². The molecule has 0 N–H and O–H groups in total. The summed E-state index contributed by atoms with van der Waals surface area (Å²) in [6.45, 7) is 0. The van der Waals surface area contributed by atoms with Crippen molar-refractivity contribution in [2.45, 2.75) is 0 Å². The van der Waals surface area contributed by atoms with E-state index >= 15 is 0 Å². The molecule has 0 bridgehead atoms. The Morgan fingerprint density at radius 2 is 0.873 bits per heavy atom. The van der Waals surface area contributed by atoms with Gasteiger partial charge in [0.25, 0.3) is 0 Å². The highest BCUT2D eigenvalue weighted by Crippen LogP contribution is 2.42. The van der Waals surface area contributed by atoms with Crippen LogP contribution in [-0.2, 0) is 0 Å². The lowest BCUT2D eigenvalue weighted by Gasteiger charge is -2.15. The Morgan fingerprint density at radius 3 is 1.40 bits per heavy atom. The fourth-order valence-corrected chi connectivity index (χ4v) is 9.17. The van der Waals surface area contributed by atoms with Crippen molar-refractivity contribution >= 4 is 75.7 Å². The summed E-state index contributed by atoms with van der Waals surface area (Å²) in [5.74, 6) is 0.836. The highest BCUT2D eigenvalue weighted by molar-refractivity contribution is 6.26. The van der Waals surface area contributed by atoms with Crippen LogP contribution in [0.5, 0.6) is 0 Å². The second-order valence-corrected chi connectivity index (χ2v) is 14.6. The molecule has 0 aliphatic heterocycles. The first kappa shape index (κ1) is 30.0. The zero-order chi connectivity index (χ0) is 36.2. The number of hydrogen-bond donors (Lipinski definition) is 0. The average molecular weight is 696 g/mol. The normalized spacial score (nSPS) is 12.0. The van der Waals surface area contributed by atoms with E-state index in [1.165, 1.54) is 75.8 Å². The molecular weight excluding hydrogens is 667 g/mol. The molecule has 0 radical (unpaired) electrons. The summed E-state index contributed by atoms with van der Waals surface area (Å²) < 4.78 is 2.22. The Hall–Kier alpha value is -7.54. The van der Waals surface area contributed by atoms with Gasteiger partial charge in [-0.05, 0) is 117 Å². The van der Waals surface area contributed by atoms with Crippen LogP contribution in [-0.4, -0.2) is 9.55 Å². The largest absolute Gasteiger partial charge is 0.292 e. The second-order valence-electron chi connectivity index (χ2n) is 14.6. The maximum Gasteiger partial charge on any atom is 0.145 e. The van der Waals surface area contributed by atoms with Gasteiger partial charge in [0.1, 0.15) is 5.82 Å². The minimum Gasteiger partial charge on any atom is -0.292 e. The van der Waals surface area contributed by atoms with Crippen molar-refractivity contribution in [3.8, 4) is 45.4 Å². The van der Waals surface area contributed by atoms with Gasteiger partial charge in [-0.3, -0.25) is 4.57 Å². The third-order valence-electron chi connectivity index (χ3n) is 11.7. The van der Waals surface area contributed by atoms with E-state index < -0.39 is 0 Å². The van der Waals surface area contributed by atoms with Crippen molar-refractivity contribution in [3.63, 3.8) is 0 Å². The molecule has 3 nitrogen and oxygen atoms in total. The maximum atomic E-state index is 9.73. The number of fused-ring (bicyclic) bond motifs is 1. The Bertz CT molecular complexity index is 3500. The molecule has 55 heavy (non-hydrogen) atoms. The van der Waals surface area contributed by atoms with Gasteiger partial charge >= 0.3 is 0 Å². The maximum absolute atomic E-state index is 9.73. The molecule has 1 aromatic heterocycles. The van der Waals surface area contributed by atoms with Gasteiger partial charge < -0.3 is 0 Å². The van der Waals surface area contributed by atoms with Crippen LogP contribution < -0.4 is 0 Å². The van der Waals surface area contributed by atoms with Crippen LogP contribution in [0.1, 0.15) is 5.56 Å². The minimum atomic E-state index is 0.595. The number of hydrogen-bond acceptors (Lipinski definition) is 2. The Morgan fingerprint density at radius 1 is 0.418 bits per heavy atom. The van der Waals surface area contributed by atoms with Crippen LogP contribution in [0.2, 0.25) is 0 Å². The number of benzene rings is 11. The number of aromatic nitrogens is 2. The van der Waals surface area contributed by atoms with Gasteiger partial charge in [0.05, 0.1) is 22.7 Å². The lowest BCUT2D eigenvalue weighted by atomic mass is 9.90. The third kappa shape index (κ3) is 4.34. The molecule has 0 aliphatic carbocycles. The number of rotatable bonds is 4. The second kappa shape index (κ2) is 11.2. The Kier molecular flexibility index (Phi) is 6.12. The smallest absolute Gasteiger partial charge is 0.145 e. The first-order chi connectivity index (χ1) is 27.2. The molecule has 252 valence electrons. The van der Waals surface area contributed by atoms with Gasteiger partial charge in [-0.1, -0.05) is 146 Å². The van der Waals surface area contributed by atoms with E-state index in [4.69, 9.17) is 4.98 Å². The van der Waals surface area contributed by atoms with Gasteiger partial charge in [0, 0.05) is 11.3 Å². The quantitative estimate of drug-likeness (QED) is 0.172. The van der Waals surface area contributed by atoms with E-state index in [2.05, 4.69) is 168 Å². The molecule has 12 aromatic rings. The van der Waals surface area contributed by atoms with E-state index in [-0.39, 0.29) is 0 Å². The predicted molar refractivity (Wildman–Crippen MR) is 230 cm³/mol. The fourth-order valence-electron chi connectivity index (χ4n) is 9.17. The summed E-state index contributed by atoms with van der Waals surface area (Å²) in [6, 6.07) is 65.7. The van der Waals surface area contributed by atoms with Crippen LogP contribution in [0.15, 0.2) is 176 Å². The van der Waals surface area contributed by atoms with Gasteiger partial charge in [0.15, 0.2) is 0 Å². The minimum absolute atomic E-state index is 0.595. The Balaban J connectivity index is 0.978. The summed E-state index contributed by atoms with van der Waals surface area (Å²) in [6.07, 6.45) is 0. The molecule has 0 unspecified atom stereocenters. The average Bonchev–Trinajstić information content (AvgIpc) is 3.63. The SMILES string of the molecule is N#Cc1ccc2c(c1)nc(-c1ccc(-c3ccc4ccc5cccc6ccc3c4c56)cc1)n2-c1ccc(-c2ccc3ccc4cccc5ccc2c3c45)cc1. The summed E-state index contributed by atoms with van der Waals surface area (Å²) in [4.78, 5) is 5.16. The van der Waals surface area contributed by atoms with Crippen molar-refractivity contribution in [1.82, 2.24) is 9.55 Å². The monoisotopic (exact) mass is 695 g/mol. The Labute approximate surface area is 316 Å². The molecule has 1 heterocycles. The van der Waals surface area contributed by atoms with Gasteiger partial charge in [0.2, 0.25) is 0 Å². The molecule has 0 aliphatic rings. The number of imidazole rings is 1. The van der Waals surface area contributed by atoms with Crippen molar-refractivity contribution in [2.24, 2.45) is 0 Å². The molecule has 0 atom stereocenters. The van der Waals surface area contributed by atoms with E-state index in [0.29, 0.717) is 5.56 Å². The predicted octanol–water partition coefficient (Wildman–Crippen LogP) is 13.7. The van der Waals surface area contributed by atoms with Crippen molar-refractivity contribution in [3.05, 3.63) is 181 Å². The highest BCUT2D eigenvalue weighted by Gasteiger charge is 2.18. The number of nitrogens with zero attached hydrogens (tertiary/aromatic N) is 3. The summed E-state index contributed by atoms with van der Waals surface area (Å²) in [5, 5.41) is 25.1. The molecule has 0 amide bonds. The first-order valence-electron chi connectivity index (χ1n) is 18.7. The van der Waals surface area contributed by atoms with E-state index in [9.17, 15) is 5.26 Å². The highest BCUT2D eigenvalue weighted by atomic mass is 15.1. The van der Waals surface area contributed by atoms with Crippen LogP contribution in [0.3, 0.4) is 0 Å². The van der Waals surface area contributed by atoms with E-state index in [1.807, 2.05) is 18.2 Å². The van der Waals surface area contributed by atoms with Crippen LogP contribution in [0.25, 0.3) is 115 Å². The fraction of sp³-hybridized carbons (Fsp3) is 0. The van der Waals surface area contributed by atoms with Crippen molar-refractivity contribution in [2.75, 3.05) is 0 Å². The molecule has 3 heteroatoms.